The standard InChI is InChI=1S/C18H25N5O.C7H13F2N.C3H6O2/c1-4-6-14-9-10-17(24)23(11-14)12-16(22(3)20)18(19)15-8-5-7-13(2)21-15;1-2-10-5-3-4-7(8,9)6-10;1-2-5-3-4/h5,7-11H,4,6,12,19-20H2,1-3H3;2-6H2,1H3;3H,2H2,1H3/b18-16-;;. The minimum absolute atomic E-state index is 0.0382. The fourth-order valence-electron chi connectivity index (χ4n) is 3.91. The Morgan fingerprint density at radius 3 is 2.44 bits per heavy atom. The number of nitrogens with two attached hydrogens (primary N) is 2. The highest BCUT2D eigenvalue weighted by molar-refractivity contribution is 5.62. The summed E-state index contributed by atoms with van der Waals surface area (Å²) in [6.07, 6.45) is 4.52. The van der Waals surface area contributed by atoms with Gasteiger partial charge in [0.15, 0.2) is 0 Å². The number of hydrogen-bond acceptors (Lipinski definition) is 8. The van der Waals surface area contributed by atoms with E-state index in [1.54, 1.807) is 29.5 Å². The maximum Gasteiger partial charge on any atom is 0.293 e. The summed E-state index contributed by atoms with van der Waals surface area (Å²) in [7, 11) is 1.71. The largest absolute Gasteiger partial charge is 0.468 e. The number of hydrazine groups is 1. The fraction of sp³-hybridized carbons (Fsp3) is 0.536. The van der Waals surface area contributed by atoms with Gasteiger partial charge in [0.25, 0.3) is 18.0 Å². The van der Waals surface area contributed by atoms with Crippen LogP contribution in [0, 0.1) is 6.92 Å². The molecule has 0 unspecified atom stereocenters. The van der Waals surface area contributed by atoms with E-state index in [4.69, 9.17) is 11.6 Å². The number of ether oxygens (including phenoxy) is 1. The van der Waals surface area contributed by atoms with E-state index in [9.17, 15) is 18.4 Å². The maximum atomic E-state index is 12.6. The van der Waals surface area contributed by atoms with Crippen LogP contribution in [0.4, 0.5) is 8.78 Å². The number of nitrogens with zero attached hydrogens (tertiary/aromatic N) is 4. The molecule has 0 radical (unpaired) electrons. The Morgan fingerprint density at radius 2 is 1.95 bits per heavy atom. The second-order valence-corrected chi connectivity index (χ2v) is 9.27. The monoisotopic (exact) mass is 550 g/mol. The van der Waals surface area contributed by atoms with Gasteiger partial charge >= 0.3 is 0 Å². The van der Waals surface area contributed by atoms with E-state index < -0.39 is 5.92 Å². The van der Waals surface area contributed by atoms with Crippen molar-refractivity contribution in [2.24, 2.45) is 11.6 Å². The summed E-state index contributed by atoms with van der Waals surface area (Å²) in [5, 5.41) is 1.44. The van der Waals surface area contributed by atoms with Crippen LogP contribution in [0.3, 0.4) is 0 Å². The van der Waals surface area contributed by atoms with E-state index in [1.807, 2.05) is 44.3 Å². The average molecular weight is 551 g/mol. The maximum absolute atomic E-state index is 12.6. The van der Waals surface area contributed by atoms with Crippen LogP contribution >= 0.6 is 0 Å². The highest BCUT2D eigenvalue weighted by atomic mass is 19.3. The highest BCUT2D eigenvalue weighted by Crippen LogP contribution is 2.25. The summed E-state index contributed by atoms with van der Waals surface area (Å²) in [5.74, 6) is 3.54. The molecule has 2 aromatic rings. The molecule has 1 aliphatic heterocycles. The van der Waals surface area contributed by atoms with Gasteiger partial charge in [-0.3, -0.25) is 19.5 Å². The molecule has 2 aromatic heterocycles. The number of carbonyl (C=O) groups is 1. The first kappa shape index (κ1) is 33.7. The second kappa shape index (κ2) is 17.3. The van der Waals surface area contributed by atoms with Crippen LogP contribution < -0.4 is 17.1 Å². The van der Waals surface area contributed by atoms with Gasteiger partial charge in [-0.05, 0) is 57.5 Å². The molecule has 0 spiro atoms. The van der Waals surface area contributed by atoms with Crippen molar-refractivity contribution in [3.05, 3.63) is 69.5 Å². The number of allylic oxidation sites excluding steroid dienone is 1. The number of piperidine rings is 1. The summed E-state index contributed by atoms with van der Waals surface area (Å²) in [5.41, 5.74) is 9.95. The molecule has 0 atom stereocenters. The Labute approximate surface area is 230 Å². The topological polar surface area (TPSA) is 120 Å². The van der Waals surface area contributed by atoms with E-state index in [0.717, 1.165) is 37.2 Å². The second-order valence-electron chi connectivity index (χ2n) is 9.27. The molecule has 39 heavy (non-hydrogen) atoms. The predicted molar refractivity (Wildman–Crippen MR) is 151 cm³/mol. The first-order valence-corrected chi connectivity index (χ1v) is 13.2. The van der Waals surface area contributed by atoms with Crippen LogP contribution in [0.1, 0.15) is 57.0 Å². The number of aryl methyl sites for hydroxylation is 2. The van der Waals surface area contributed by atoms with E-state index in [-0.39, 0.29) is 18.5 Å². The van der Waals surface area contributed by atoms with Crippen LogP contribution in [-0.4, -0.2) is 65.1 Å². The molecule has 1 aliphatic rings. The number of carbonyl (C=O) groups excluding carboxylic acids is 1. The smallest absolute Gasteiger partial charge is 0.293 e. The summed E-state index contributed by atoms with van der Waals surface area (Å²) >= 11 is 0. The highest BCUT2D eigenvalue weighted by Gasteiger charge is 2.34. The summed E-state index contributed by atoms with van der Waals surface area (Å²) in [6.45, 7) is 10.4. The quantitative estimate of drug-likeness (QED) is 0.276. The number of rotatable bonds is 9. The Kier molecular flexibility index (Phi) is 15.0. The molecule has 218 valence electrons. The van der Waals surface area contributed by atoms with Crippen molar-refractivity contribution in [1.82, 2.24) is 19.5 Å². The number of pyridine rings is 2. The van der Waals surface area contributed by atoms with E-state index in [1.165, 1.54) is 5.01 Å². The third-order valence-corrected chi connectivity index (χ3v) is 5.96. The van der Waals surface area contributed by atoms with Gasteiger partial charge in [0.05, 0.1) is 36.8 Å². The number of aromatic nitrogens is 2. The van der Waals surface area contributed by atoms with Crippen LogP contribution in [-0.2, 0) is 22.5 Å². The van der Waals surface area contributed by atoms with Crippen molar-refractivity contribution in [3.63, 3.8) is 0 Å². The van der Waals surface area contributed by atoms with Gasteiger partial charge < -0.3 is 20.0 Å². The zero-order valence-electron chi connectivity index (χ0n) is 23.8. The van der Waals surface area contributed by atoms with Crippen LogP contribution in [0.5, 0.6) is 0 Å². The van der Waals surface area contributed by atoms with Gasteiger partial charge in [-0.15, -0.1) is 0 Å². The van der Waals surface area contributed by atoms with Crippen molar-refractivity contribution in [3.8, 4) is 0 Å². The zero-order valence-corrected chi connectivity index (χ0v) is 23.8. The molecule has 4 N–H and O–H groups in total. The Morgan fingerprint density at radius 1 is 1.23 bits per heavy atom. The predicted octanol–water partition coefficient (Wildman–Crippen LogP) is 3.55. The minimum Gasteiger partial charge on any atom is -0.468 e. The van der Waals surface area contributed by atoms with Crippen LogP contribution in [0.15, 0.2) is 47.0 Å². The molecule has 1 fully saturated rings. The van der Waals surface area contributed by atoms with Crippen LogP contribution in [0.25, 0.3) is 5.70 Å². The summed E-state index contributed by atoms with van der Waals surface area (Å²) in [4.78, 5) is 27.6. The average Bonchev–Trinajstić information content (AvgIpc) is 2.89. The minimum atomic E-state index is -2.42. The SMILES string of the molecule is CCCc1ccc(=O)n(C/C(=C(/N)c2cccc(C)n2)N(C)N)c1.CCN1CCCC(F)(F)C1.CCOC=O. The van der Waals surface area contributed by atoms with Gasteiger partial charge in [-0.1, -0.05) is 32.4 Å². The zero-order chi connectivity index (χ0) is 29.4. The van der Waals surface area contributed by atoms with Crippen molar-refractivity contribution in [2.45, 2.75) is 65.8 Å². The lowest BCUT2D eigenvalue weighted by molar-refractivity contribution is -0.128. The molecule has 0 bridgehead atoms. The molecular weight excluding hydrogens is 506 g/mol. The lowest BCUT2D eigenvalue weighted by Gasteiger charge is -2.31. The van der Waals surface area contributed by atoms with E-state index >= 15 is 0 Å². The third-order valence-electron chi connectivity index (χ3n) is 5.96. The molecule has 0 aliphatic carbocycles. The van der Waals surface area contributed by atoms with Gasteiger partial charge in [-0.2, -0.15) is 0 Å². The van der Waals surface area contributed by atoms with Crippen LogP contribution in [0.2, 0.25) is 0 Å². The molecule has 1 saturated heterocycles. The third kappa shape index (κ3) is 12.4. The molecule has 0 saturated carbocycles. The molecule has 11 heteroatoms. The lowest BCUT2D eigenvalue weighted by Crippen LogP contribution is -2.42. The molecule has 0 amide bonds. The lowest BCUT2D eigenvalue weighted by atomic mass is 10.1. The van der Waals surface area contributed by atoms with Gasteiger partial charge in [0.1, 0.15) is 0 Å². The number of hydrogen-bond donors (Lipinski definition) is 2. The first-order chi connectivity index (χ1) is 18.5. The fourth-order valence-corrected chi connectivity index (χ4v) is 3.91. The molecular formula is C28H44F2N6O3. The van der Waals surface area contributed by atoms with Gasteiger partial charge in [-0.25, -0.2) is 14.6 Å². The molecule has 0 aromatic carbocycles. The van der Waals surface area contributed by atoms with Gasteiger partial charge in [0, 0.05) is 31.4 Å². The summed E-state index contributed by atoms with van der Waals surface area (Å²) < 4.78 is 31.0. The van der Waals surface area contributed by atoms with Crippen molar-refractivity contribution < 1.29 is 18.3 Å². The van der Waals surface area contributed by atoms with E-state index in [2.05, 4.69) is 16.6 Å². The van der Waals surface area contributed by atoms with E-state index in [0.29, 0.717) is 43.1 Å². The molecule has 3 rings (SSSR count). The number of alkyl halides is 2. The van der Waals surface area contributed by atoms with Crippen molar-refractivity contribution in [1.29, 1.82) is 0 Å². The Bertz CT molecular complexity index is 1100. The van der Waals surface area contributed by atoms with Crippen molar-refractivity contribution >= 4 is 12.2 Å². The van der Waals surface area contributed by atoms with Crippen molar-refractivity contribution in [2.75, 3.05) is 33.3 Å². The summed E-state index contributed by atoms with van der Waals surface area (Å²) in [6, 6.07) is 9.08. The number of likely N-dealkylation sites (N-methyl/N-ethyl adjacent to an activating group) is 1. The Hall–Kier alpha value is -3.31. The molecule has 9 nitrogen and oxygen atoms in total. The first-order valence-electron chi connectivity index (χ1n) is 13.2. The normalized spacial score (nSPS) is 15.1. The number of halogens is 2. The van der Waals surface area contributed by atoms with Gasteiger partial charge in [0.2, 0.25) is 0 Å². The Balaban J connectivity index is 0.000000415. The number of likely N-dealkylation sites (tertiary alicyclic amines) is 1. The molecule has 3 heterocycles.